The molecule has 1 amide bonds. The summed E-state index contributed by atoms with van der Waals surface area (Å²) in [5, 5.41) is 7.04. The van der Waals surface area contributed by atoms with Crippen LogP contribution in [0.2, 0.25) is 0 Å². The Labute approximate surface area is 142 Å². The van der Waals surface area contributed by atoms with Gasteiger partial charge in [-0.15, -0.1) is 0 Å². The van der Waals surface area contributed by atoms with E-state index in [2.05, 4.69) is 36.5 Å². The molecule has 2 aromatic carbocycles. The van der Waals surface area contributed by atoms with Crippen LogP contribution in [0, 0.1) is 0 Å². The number of carbonyl (C=O) groups is 1. The number of rotatable bonds is 4. The Hall–Kier alpha value is -2.47. The number of nitrogens with zero attached hydrogens (tertiary/aromatic N) is 2. The maximum atomic E-state index is 11.4. The molecule has 0 aliphatic carbocycles. The third-order valence-electron chi connectivity index (χ3n) is 3.35. The summed E-state index contributed by atoms with van der Waals surface area (Å²) in [5.41, 5.74) is 2.54. The molecule has 1 aromatic heterocycles. The van der Waals surface area contributed by atoms with Crippen molar-refractivity contribution in [2.45, 2.75) is 13.3 Å². The van der Waals surface area contributed by atoms with E-state index in [-0.39, 0.29) is 5.91 Å². The molecule has 3 rings (SSSR count). The molecule has 0 spiro atoms. The first-order valence-corrected chi connectivity index (χ1v) is 8.02. The monoisotopic (exact) mass is 370 g/mol. The van der Waals surface area contributed by atoms with Crippen LogP contribution in [-0.4, -0.2) is 15.9 Å². The van der Waals surface area contributed by atoms with Crippen LogP contribution in [0.4, 0.5) is 17.2 Å². The number of fused-ring (bicyclic) bond motifs is 1. The fourth-order valence-electron chi connectivity index (χ4n) is 2.15. The highest BCUT2D eigenvalue weighted by molar-refractivity contribution is 9.10. The number of hydrogen-bond donors (Lipinski definition) is 2. The third-order valence-corrected chi connectivity index (χ3v) is 3.84. The highest BCUT2D eigenvalue weighted by atomic mass is 79.9. The average molecular weight is 371 g/mol. The van der Waals surface area contributed by atoms with E-state index in [9.17, 15) is 4.79 Å². The molecule has 0 saturated carbocycles. The van der Waals surface area contributed by atoms with Crippen molar-refractivity contribution in [3.05, 3.63) is 53.3 Å². The van der Waals surface area contributed by atoms with Gasteiger partial charge in [0.2, 0.25) is 5.91 Å². The maximum absolute atomic E-state index is 11.4. The fourth-order valence-corrected chi connectivity index (χ4v) is 2.51. The molecule has 0 bridgehead atoms. The third kappa shape index (κ3) is 3.65. The van der Waals surface area contributed by atoms with E-state index in [1.807, 2.05) is 49.4 Å². The van der Waals surface area contributed by atoms with Crippen molar-refractivity contribution in [3.8, 4) is 0 Å². The van der Waals surface area contributed by atoms with Crippen LogP contribution in [-0.2, 0) is 4.79 Å². The van der Waals surface area contributed by atoms with Crippen molar-refractivity contribution in [2.75, 3.05) is 10.6 Å². The van der Waals surface area contributed by atoms with Gasteiger partial charge in [0.15, 0.2) is 0 Å². The van der Waals surface area contributed by atoms with Gasteiger partial charge in [-0.3, -0.25) is 4.79 Å². The molecule has 1 heterocycles. The van der Waals surface area contributed by atoms with Crippen LogP contribution in [0.5, 0.6) is 0 Å². The number of hydrogen-bond acceptors (Lipinski definition) is 4. The summed E-state index contributed by atoms with van der Waals surface area (Å²) in [7, 11) is 0. The van der Waals surface area contributed by atoms with Gasteiger partial charge in [0, 0.05) is 27.7 Å². The van der Waals surface area contributed by atoms with Crippen LogP contribution >= 0.6 is 15.9 Å². The molecule has 2 N–H and O–H groups in total. The van der Waals surface area contributed by atoms with E-state index >= 15 is 0 Å². The number of anilines is 3. The average Bonchev–Trinajstić information content (AvgIpc) is 2.57. The SMILES string of the molecule is CCC(=O)Nc1ccc(Nc2ncnc3ccc(Br)cc23)cc1. The molecule has 0 fully saturated rings. The molecule has 6 heteroatoms. The zero-order valence-corrected chi connectivity index (χ0v) is 14.1. The van der Waals surface area contributed by atoms with Gasteiger partial charge >= 0.3 is 0 Å². The Kier molecular flexibility index (Phi) is 4.52. The van der Waals surface area contributed by atoms with Crippen LogP contribution in [0.1, 0.15) is 13.3 Å². The molecule has 3 aromatic rings. The summed E-state index contributed by atoms with van der Waals surface area (Å²) < 4.78 is 0.973. The van der Waals surface area contributed by atoms with Crippen molar-refractivity contribution in [1.82, 2.24) is 9.97 Å². The summed E-state index contributed by atoms with van der Waals surface area (Å²) in [5.74, 6) is 0.735. The predicted molar refractivity (Wildman–Crippen MR) is 95.9 cm³/mol. The molecule has 0 aliphatic rings. The van der Waals surface area contributed by atoms with Crippen LogP contribution in [0.25, 0.3) is 10.9 Å². The van der Waals surface area contributed by atoms with Crippen LogP contribution < -0.4 is 10.6 Å². The van der Waals surface area contributed by atoms with Gasteiger partial charge in [-0.2, -0.15) is 0 Å². The van der Waals surface area contributed by atoms with Crippen molar-refractivity contribution in [3.63, 3.8) is 0 Å². The normalized spacial score (nSPS) is 10.5. The molecule has 5 nitrogen and oxygen atoms in total. The van der Waals surface area contributed by atoms with Gasteiger partial charge in [0.25, 0.3) is 0 Å². The molecular weight excluding hydrogens is 356 g/mol. The Morgan fingerprint density at radius 3 is 2.57 bits per heavy atom. The highest BCUT2D eigenvalue weighted by Crippen LogP contribution is 2.26. The quantitative estimate of drug-likeness (QED) is 0.710. The summed E-state index contributed by atoms with van der Waals surface area (Å²) in [6, 6.07) is 13.4. The van der Waals surface area contributed by atoms with Crippen molar-refractivity contribution >= 4 is 49.9 Å². The minimum atomic E-state index is -0.00245. The number of amides is 1. The van der Waals surface area contributed by atoms with Crippen molar-refractivity contribution in [1.29, 1.82) is 0 Å². The minimum Gasteiger partial charge on any atom is -0.340 e. The molecule has 0 atom stereocenters. The number of aromatic nitrogens is 2. The maximum Gasteiger partial charge on any atom is 0.224 e. The highest BCUT2D eigenvalue weighted by Gasteiger charge is 2.05. The molecule has 116 valence electrons. The van der Waals surface area contributed by atoms with Crippen molar-refractivity contribution in [2.24, 2.45) is 0 Å². The van der Waals surface area contributed by atoms with Gasteiger partial charge in [-0.05, 0) is 42.5 Å². The van der Waals surface area contributed by atoms with Gasteiger partial charge < -0.3 is 10.6 Å². The Balaban J connectivity index is 1.85. The van der Waals surface area contributed by atoms with Crippen LogP contribution in [0.15, 0.2) is 53.3 Å². The first-order chi connectivity index (χ1) is 11.2. The molecule has 0 saturated heterocycles. The number of carbonyl (C=O) groups excluding carboxylic acids is 1. The minimum absolute atomic E-state index is 0.00245. The van der Waals surface area contributed by atoms with Gasteiger partial charge in [-0.1, -0.05) is 22.9 Å². The van der Waals surface area contributed by atoms with Crippen molar-refractivity contribution < 1.29 is 4.79 Å². The van der Waals surface area contributed by atoms with E-state index in [0.717, 1.165) is 32.6 Å². The van der Waals surface area contributed by atoms with E-state index in [1.54, 1.807) is 0 Å². The van der Waals surface area contributed by atoms with Crippen LogP contribution in [0.3, 0.4) is 0 Å². The lowest BCUT2D eigenvalue weighted by Crippen LogP contribution is -2.09. The lowest BCUT2D eigenvalue weighted by molar-refractivity contribution is -0.115. The Morgan fingerprint density at radius 2 is 1.83 bits per heavy atom. The number of benzene rings is 2. The smallest absolute Gasteiger partial charge is 0.224 e. The first-order valence-electron chi connectivity index (χ1n) is 7.23. The summed E-state index contributed by atoms with van der Waals surface area (Å²) in [4.78, 5) is 20.0. The lowest BCUT2D eigenvalue weighted by atomic mass is 10.2. The Morgan fingerprint density at radius 1 is 1.09 bits per heavy atom. The largest absolute Gasteiger partial charge is 0.340 e. The summed E-state index contributed by atoms with van der Waals surface area (Å²) in [6.07, 6.45) is 2.00. The molecule has 0 aliphatic heterocycles. The summed E-state index contributed by atoms with van der Waals surface area (Å²) in [6.45, 7) is 1.82. The topological polar surface area (TPSA) is 66.9 Å². The second-order valence-corrected chi connectivity index (χ2v) is 5.90. The number of nitrogens with one attached hydrogen (secondary N) is 2. The molecule has 0 radical (unpaired) electrons. The zero-order valence-electron chi connectivity index (χ0n) is 12.5. The van der Waals surface area contributed by atoms with Gasteiger partial charge in [-0.25, -0.2) is 9.97 Å². The second-order valence-electron chi connectivity index (χ2n) is 4.99. The zero-order chi connectivity index (χ0) is 16.2. The number of halogens is 1. The lowest BCUT2D eigenvalue weighted by Gasteiger charge is -2.10. The molecular formula is C17H15BrN4O. The molecule has 23 heavy (non-hydrogen) atoms. The van der Waals surface area contributed by atoms with E-state index < -0.39 is 0 Å². The molecule has 0 unspecified atom stereocenters. The van der Waals surface area contributed by atoms with E-state index in [0.29, 0.717) is 6.42 Å². The standard InChI is InChI=1S/C17H15BrN4O/c1-2-16(23)21-12-4-6-13(7-5-12)22-17-14-9-11(18)3-8-15(14)19-10-20-17/h3-10H,2H2,1H3,(H,21,23)(H,19,20,22). The van der Waals surface area contributed by atoms with Gasteiger partial charge in [0.1, 0.15) is 12.1 Å². The van der Waals surface area contributed by atoms with E-state index in [1.165, 1.54) is 6.33 Å². The Bertz CT molecular complexity index is 849. The summed E-state index contributed by atoms with van der Waals surface area (Å²) >= 11 is 3.47. The fraction of sp³-hybridized carbons (Fsp3) is 0.118. The van der Waals surface area contributed by atoms with Gasteiger partial charge in [0.05, 0.1) is 5.52 Å². The second kappa shape index (κ2) is 6.75. The predicted octanol–water partition coefficient (Wildman–Crippen LogP) is 4.48. The van der Waals surface area contributed by atoms with E-state index in [4.69, 9.17) is 0 Å². The first kappa shape index (κ1) is 15.4.